The van der Waals surface area contributed by atoms with Crippen molar-refractivity contribution >= 4 is 0 Å². The van der Waals surface area contributed by atoms with Crippen molar-refractivity contribution in [1.82, 2.24) is 0 Å². The fraction of sp³-hybridized carbons (Fsp3) is 0.455. The van der Waals surface area contributed by atoms with E-state index in [0.29, 0.717) is 5.92 Å². The predicted molar refractivity (Wildman–Crippen MR) is 48.9 cm³/mol. The summed E-state index contributed by atoms with van der Waals surface area (Å²) < 4.78 is 0. The lowest BCUT2D eigenvalue weighted by Gasteiger charge is -2.08. The Morgan fingerprint density at radius 1 is 1.25 bits per heavy atom. The molecule has 0 radical (unpaired) electrons. The second-order valence-corrected chi connectivity index (χ2v) is 3.69. The van der Waals surface area contributed by atoms with Crippen LogP contribution in [0.4, 0.5) is 0 Å². The van der Waals surface area contributed by atoms with Crippen molar-refractivity contribution in [1.29, 1.82) is 0 Å². The zero-order chi connectivity index (χ0) is 8.55. The van der Waals surface area contributed by atoms with Crippen molar-refractivity contribution in [3.05, 3.63) is 35.4 Å². The molecule has 64 valence electrons. The molecular weight excluding hydrogens is 148 g/mol. The Hall–Kier alpha value is -0.820. The lowest BCUT2D eigenvalue weighted by atomic mass is 10.0. The lowest BCUT2D eigenvalue weighted by molar-refractivity contribution is 0.154. The van der Waals surface area contributed by atoms with Crippen LogP contribution in [0.5, 0.6) is 0 Å². The largest absolute Gasteiger partial charge is 0.388 e. The first-order valence-corrected chi connectivity index (χ1v) is 4.52. The number of rotatable bonds is 2. The Kier molecular flexibility index (Phi) is 1.89. The van der Waals surface area contributed by atoms with Gasteiger partial charge in [0.15, 0.2) is 0 Å². The predicted octanol–water partition coefficient (Wildman–Crippen LogP) is 2.44. The van der Waals surface area contributed by atoms with Gasteiger partial charge in [0.1, 0.15) is 0 Å². The van der Waals surface area contributed by atoms with Crippen molar-refractivity contribution in [2.75, 3.05) is 0 Å². The summed E-state index contributed by atoms with van der Waals surface area (Å²) >= 11 is 0. The first-order valence-electron chi connectivity index (χ1n) is 4.52. The van der Waals surface area contributed by atoms with E-state index < -0.39 is 0 Å². The molecule has 2 rings (SSSR count). The molecule has 0 aromatic heterocycles. The van der Waals surface area contributed by atoms with Crippen LogP contribution in [-0.2, 0) is 0 Å². The Morgan fingerprint density at radius 2 is 1.83 bits per heavy atom. The quantitative estimate of drug-likeness (QED) is 0.708. The van der Waals surface area contributed by atoms with Crippen LogP contribution < -0.4 is 0 Å². The van der Waals surface area contributed by atoms with Gasteiger partial charge >= 0.3 is 0 Å². The van der Waals surface area contributed by atoms with E-state index in [1.54, 1.807) is 0 Å². The zero-order valence-electron chi connectivity index (χ0n) is 7.33. The Morgan fingerprint density at radius 3 is 2.33 bits per heavy atom. The Labute approximate surface area is 73.0 Å². The van der Waals surface area contributed by atoms with E-state index in [2.05, 4.69) is 19.1 Å². The number of aliphatic hydroxyl groups is 1. The third kappa shape index (κ3) is 1.51. The van der Waals surface area contributed by atoms with E-state index >= 15 is 0 Å². The third-order valence-electron chi connectivity index (χ3n) is 2.49. The zero-order valence-corrected chi connectivity index (χ0v) is 7.33. The standard InChI is InChI=1S/C11H14O/c1-8-2-4-9(5-3-8)11(12)10-6-7-10/h2-5,10-12H,6-7H2,1H3/t11-/m0/s1. The monoisotopic (exact) mass is 162 g/mol. The number of benzene rings is 1. The molecule has 1 nitrogen and oxygen atoms in total. The summed E-state index contributed by atoms with van der Waals surface area (Å²) in [5.74, 6) is 0.535. The summed E-state index contributed by atoms with van der Waals surface area (Å²) in [6.45, 7) is 2.06. The van der Waals surface area contributed by atoms with Crippen LogP contribution in [0.25, 0.3) is 0 Å². The van der Waals surface area contributed by atoms with Crippen molar-refractivity contribution in [3.8, 4) is 0 Å². The molecular formula is C11H14O. The summed E-state index contributed by atoms with van der Waals surface area (Å²) in [6.07, 6.45) is 2.16. The van der Waals surface area contributed by atoms with Crippen LogP contribution in [0.1, 0.15) is 30.1 Å². The summed E-state index contributed by atoms with van der Waals surface area (Å²) in [7, 11) is 0. The molecule has 0 amide bonds. The van der Waals surface area contributed by atoms with Crippen LogP contribution in [-0.4, -0.2) is 5.11 Å². The molecule has 1 aliphatic rings. The molecule has 0 bridgehead atoms. The van der Waals surface area contributed by atoms with Gasteiger partial charge in [0.05, 0.1) is 6.10 Å². The van der Waals surface area contributed by atoms with Crippen LogP contribution in [0, 0.1) is 12.8 Å². The van der Waals surface area contributed by atoms with Crippen molar-refractivity contribution in [3.63, 3.8) is 0 Å². The maximum atomic E-state index is 9.75. The molecule has 1 N–H and O–H groups in total. The maximum absolute atomic E-state index is 9.75. The van der Waals surface area contributed by atoms with Crippen LogP contribution >= 0.6 is 0 Å². The summed E-state index contributed by atoms with van der Waals surface area (Å²) in [5, 5.41) is 9.75. The van der Waals surface area contributed by atoms with E-state index in [4.69, 9.17) is 0 Å². The minimum Gasteiger partial charge on any atom is -0.388 e. The van der Waals surface area contributed by atoms with E-state index in [9.17, 15) is 5.11 Å². The molecule has 1 heteroatoms. The second-order valence-electron chi connectivity index (χ2n) is 3.69. The van der Waals surface area contributed by atoms with Crippen LogP contribution in [0.2, 0.25) is 0 Å². The van der Waals surface area contributed by atoms with Crippen molar-refractivity contribution in [2.45, 2.75) is 25.9 Å². The van der Waals surface area contributed by atoms with Gasteiger partial charge in [-0.05, 0) is 31.2 Å². The highest BCUT2D eigenvalue weighted by atomic mass is 16.3. The molecule has 1 aromatic rings. The fourth-order valence-electron chi connectivity index (χ4n) is 1.45. The van der Waals surface area contributed by atoms with Gasteiger partial charge < -0.3 is 5.11 Å². The molecule has 0 unspecified atom stereocenters. The van der Waals surface area contributed by atoms with Crippen molar-refractivity contribution < 1.29 is 5.11 Å². The Bertz CT molecular complexity index is 259. The lowest BCUT2D eigenvalue weighted by Crippen LogP contribution is -1.98. The number of hydrogen-bond donors (Lipinski definition) is 1. The van der Waals surface area contributed by atoms with Gasteiger partial charge in [-0.25, -0.2) is 0 Å². The molecule has 1 atom stereocenters. The molecule has 1 aromatic carbocycles. The molecule has 1 saturated carbocycles. The smallest absolute Gasteiger partial charge is 0.0818 e. The second kappa shape index (κ2) is 2.91. The average molecular weight is 162 g/mol. The third-order valence-corrected chi connectivity index (χ3v) is 2.49. The summed E-state index contributed by atoms with van der Waals surface area (Å²) in [4.78, 5) is 0. The first-order chi connectivity index (χ1) is 5.77. The summed E-state index contributed by atoms with van der Waals surface area (Å²) in [6, 6.07) is 8.17. The Balaban J connectivity index is 2.16. The van der Waals surface area contributed by atoms with Gasteiger partial charge in [0.25, 0.3) is 0 Å². The van der Waals surface area contributed by atoms with Gasteiger partial charge in [-0.1, -0.05) is 29.8 Å². The van der Waals surface area contributed by atoms with Gasteiger partial charge in [0.2, 0.25) is 0 Å². The van der Waals surface area contributed by atoms with Crippen LogP contribution in [0.3, 0.4) is 0 Å². The van der Waals surface area contributed by atoms with E-state index in [0.717, 1.165) is 5.56 Å². The SMILES string of the molecule is Cc1ccc([C@H](O)C2CC2)cc1. The number of aryl methyl sites for hydroxylation is 1. The highest BCUT2D eigenvalue weighted by molar-refractivity contribution is 5.24. The highest BCUT2D eigenvalue weighted by Gasteiger charge is 2.30. The number of hydrogen-bond acceptors (Lipinski definition) is 1. The van der Waals surface area contributed by atoms with E-state index in [1.165, 1.54) is 18.4 Å². The maximum Gasteiger partial charge on any atom is 0.0818 e. The molecule has 12 heavy (non-hydrogen) atoms. The van der Waals surface area contributed by atoms with Gasteiger partial charge in [0, 0.05) is 0 Å². The van der Waals surface area contributed by atoms with Crippen LogP contribution in [0.15, 0.2) is 24.3 Å². The molecule has 1 aliphatic carbocycles. The first kappa shape index (κ1) is 7.81. The molecule has 1 fully saturated rings. The minimum absolute atomic E-state index is 0.217. The minimum atomic E-state index is -0.217. The summed E-state index contributed by atoms with van der Waals surface area (Å²) in [5.41, 5.74) is 2.32. The molecule has 0 spiro atoms. The number of aliphatic hydroxyl groups excluding tert-OH is 1. The van der Waals surface area contributed by atoms with Gasteiger partial charge in [-0.2, -0.15) is 0 Å². The molecule has 0 saturated heterocycles. The van der Waals surface area contributed by atoms with Gasteiger partial charge in [-0.3, -0.25) is 0 Å². The molecule has 0 aliphatic heterocycles. The van der Waals surface area contributed by atoms with E-state index in [-0.39, 0.29) is 6.10 Å². The van der Waals surface area contributed by atoms with E-state index in [1.807, 2.05) is 12.1 Å². The topological polar surface area (TPSA) is 20.2 Å². The highest BCUT2D eigenvalue weighted by Crippen LogP contribution is 2.40. The normalized spacial score (nSPS) is 19.2. The average Bonchev–Trinajstić information content (AvgIpc) is 2.87. The fourth-order valence-corrected chi connectivity index (χ4v) is 1.45. The molecule has 0 heterocycles. The van der Waals surface area contributed by atoms with Crippen molar-refractivity contribution in [2.24, 2.45) is 5.92 Å². The van der Waals surface area contributed by atoms with Gasteiger partial charge in [-0.15, -0.1) is 0 Å².